The molecule has 1 unspecified atom stereocenters. The predicted molar refractivity (Wildman–Crippen MR) is 151 cm³/mol. The number of phenolic OH excluding ortho intramolecular Hbond substituents is 1. The van der Waals surface area contributed by atoms with Crippen LogP contribution in [0, 0.1) is 26.7 Å². The fourth-order valence-corrected chi connectivity index (χ4v) is 5.27. The van der Waals surface area contributed by atoms with E-state index in [1.165, 1.54) is 0 Å². The number of hydrogen-bond donors (Lipinski definition) is 2. The molecule has 1 aliphatic rings. The maximum atomic E-state index is 13.9. The van der Waals surface area contributed by atoms with E-state index in [1.54, 1.807) is 13.2 Å². The summed E-state index contributed by atoms with van der Waals surface area (Å²) in [7, 11) is 1.62. The van der Waals surface area contributed by atoms with Crippen LogP contribution in [0.5, 0.6) is 17.2 Å². The lowest BCUT2D eigenvalue weighted by atomic mass is 9.92. The fourth-order valence-electron chi connectivity index (χ4n) is 5.27. The second kappa shape index (κ2) is 10.5. The Kier molecular flexibility index (Phi) is 7.08. The summed E-state index contributed by atoms with van der Waals surface area (Å²) in [5, 5.41) is 18.5. The molecule has 7 nitrogen and oxygen atoms in total. The SMILES string of the molecule is COc1cc(C2c3c(-c4c(C)cc(C)cc4O)n[nH]c3C(=O)N2Cc2ccc(C)cc2)ccc1OCC(C)C. The summed E-state index contributed by atoms with van der Waals surface area (Å²) in [5.41, 5.74) is 7.27. The summed E-state index contributed by atoms with van der Waals surface area (Å²) in [4.78, 5) is 15.7. The number of methoxy groups -OCH3 is 1. The third kappa shape index (κ3) is 4.97. The van der Waals surface area contributed by atoms with Gasteiger partial charge in [-0.3, -0.25) is 9.89 Å². The number of H-pyrrole nitrogens is 1. The Balaban J connectivity index is 1.65. The van der Waals surface area contributed by atoms with Crippen LogP contribution in [0.3, 0.4) is 0 Å². The van der Waals surface area contributed by atoms with Crippen molar-refractivity contribution in [2.75, 3.05) is 13.7 Å². The van der Waals surface area contributed by atoms with Gasteiger partial charge in [-0.05, 0) is 67.1 Å². The van der Waals surface area contributed by atoms with Gasteiger partial charge in [0, 0.05) is 17.7 Å². The molecule has 202 valence electrons. The van der Waals surface area contributed by atoms with Gasteiger partial charge in [-0.1, -0.05) is 55.8 Å². The molecule has 3 aromatic carbocycles. The van der Waals surface area contributed by atoms with Crippen LogP contribution in [0.2, 0.25) is 0 Å². The van der Waals surface area contributed by atoms with E-state index in [4.69, 9.17) is 9.47 Å². The quantitative estimate of drug-likeness (QED) is 0.274. The minimum absolute atomic E-state index is 0.139. The van der Waals surface area contributed by atoms with Crippen LogP contribution >= 0.6 is 0 Å². The van der Waals surface area contributed by atoms with E-state index in [-0.39, 0.29) is 11.7 Å². The van der Waals surface area contributed by atoms with Gasteiger partial charge < -0.3 is 19.5 Å². The van der Waals surface area contributed by atoms with Gasteiger partial charge in [0.15, 0.2) is 11.5 Å². The number of phenols is 1. The molecule has 0 radical (unpaired) electrons. The average Bonchev–Trinajstić information content (AvgIpc) is 3.42. The maximum Gasteiger partial charge on any atom is 0.273 e. The number of ether oxygens (including phenoxy) is 2. The molecule has 0 saturated carbocycles. The number of nitrogens with one attached hydrogen (secondary N) is 1. The van der Waals surface area contributed by atoms with Gasteiger partial charge >= 0.3 is 0 Å². The van der Waals surface area contributed by atoms with Crippen LogP contribution in [0.4, 0.5) is 0 Å². The minimum Gasteiger partial charge on any atom is -0.507 e. The summed E-state index contributed by atoms with van der Waals surface area (Å²) in [6.07, 6.45) is 0. The number of aromatic hydroxyl groups is 1. The van der Waals surface area contributed by atoms with E-state index >= 15 is 0 Å². The van der Waals surface area contributed by atoms with E-state index < -0.39 is 6.04 Å². The zero-order chi connectivity index (χ0) is 27.8. The number of aryl methyl sites for hydroxylation is 3. The molecule has 39 heavy (non-hydrogen) atoms. The molecule has 0 fully saturated rings. The molecule has 1 aromatic heterocycles. The fraction of sp³-hybridized carbons (Fsp3) is 0.312. The molecule has 1 atom stereocenters. The zero-order valence-corrected chi connectivity index (χ0v) is 23.3. The molecule has 2 N–H and O–H groups in total. The highest BCUT2D eigenvalue weighted by molar-refractivity contribution is 6.00. The topological polar surface area (TPSA) is 87.7 Å². The summed E-state index contributed by atoms with van der Waals surface area (Å²) in [6, 6.07) is 17.3. The van der Waals surface area contributed by atoms with Crippen LogP contribution < -0.4 is 9.47 Å². The van der Waals surface area contributed by atoms with Crippen molar-refractivity contribution in [2.24, 2.45) is 5.92 Å². The maximum absolute atomic E-state index is 13.9. The summed E-state index contributed by atoms with van der Waals surface area (Å²) in [5.74, 6) is 1.62. The lowest BCUT2D eigenvalue weighted by molar-refractivity contribution is 0.0730. The number of aromatic nitrogens is 2. The lowest BCUT2D eigenvalue weighted by Gasteiger charge is -2.27. The molecule has 0 bridgehead atoms. The highest BCUT2D eigenvalue weighted by Crippen LogP contribution is 2.47. The van der Waals surface area contributed by atoms with Crippen LogP contribution in [0.15, 0.2) is 54.6 Å². The van der Waals surface area contributed by atoms with E-state index in [1.807, 2.05) is 62.1 Å². The first-order valence-electron chi connectivity index (χ1n) is 13.2. The van der Waals surface area contributed by atoms with Crippen LogP contribution in [-0.2, 0) is 6.54 Å². The molecule has 0 spiro atoms. The third-order valence-corrected chi connectivity index (χ3v) is 7.11. The Bertz CT molecular complexity index is 1500. The second-order valence-corrected chi connectivity index (χ2v) is 10.8. The standard InChI is InChI=1S/C32H35N3O4/c1-18(2)17-39-25-12-11-23(15-26(25)38-6)31-28-29(27-21(5)13-20(4)14-24(27)36)33-34-30(28)32(37)35(31)16-22-9-7-19(3)8-10-22/h7-15,18,31,36H,16-17H2,1-6H3,(H,33,34). The Hall–Kier alpha value is -4.26. The monoisotopic (exact) mass is 525 g/mol. The number of hydrogen-bond acceptors (Lipinski definition) is 5. The molecule has 5 rings (SSSR count). The third-order valence-electron chi connectivity index (χ3n) is 7.11. The molecular formula is C32H35N3O4. The Morgan fingerprint density at radius 3 is 2.41 bits per heavy atom. The van der Waals surface area contributed by atoms with Crippen molar-refractivity contribution in [1.82, 2.24) is 15.1 Å². The average molecular weight is 526 g/mol. The first-order chi connectivity index (χ1) is 18.7. The van der Waals surface area contributed by atoms with Crippen molar-refractivity contribution in [1.29, 1.82) is 0 Å². The molecular weight excluding hydrogens is 490 g/mol. The van der Waals surface area contributed by atoms with Gasteiger partial charge in [0.2, 0.25) is 0 Å². The van der Waals surface area contributed by atoms with Crippen molar-refractivity contribution in [3.8, 4) is 28.5 Å². The zero-order valence-electron chi connectivity index (χ0n) is 23.3. The van der Waals surface area contributed by atoms with Crippen molar-refractivity contribution in [3.63, 3.8) is 0 Å². The molecule has 0 saturated heterocycles. The van der Waals surface area contributed by atoms with Crippen LogP contribution in [-0.4, -0.2) is 39.8 Å². The summed E-state index contributed by atoms with van der Waals surface area (Å²) < 4.78 is 11.7. The predicted octanol–water partition coefficient (Wildman–Crippen LogP) is 6.50. The second-order valence-electron chi connectivity index (χ2n) is 10.8. The van der Waals surface area contributed by atoms with Gasteiger partial charge in [-0.15, -0.1) is 0 Å². The number of carbonyl (C=O) groups excluding carboxylic acids is 1. The van der Waals surface area contributed by atoms with Crippen LogP contribution in [0.25, 0.3) is 11.3 Å². The largest absolute Gasteiger partial charge is 0.507 e. The van der Waals surface area contributed by atoms with E-state index in [0.29, 0.717) is 47.5 Å². The molecule has 7 heteroatoms. The number of aromatic amines is 1. The van der Waals surface area contributed by atoms with Gasteiger partial charge in [0.05, 0.1) is 19.8 Å². The van der Waals surface area contributed by atoms with Gasteiger partial charge in [0.1, 0.15) is 17.1 Å². The van der Waals surface area contributed by atoms with E-state index in [0.717, 1.165) is 33.4 Å². The van der Waals surface area contributed by atoms with Crippen molar-refractivity contribution >= 4 is 5.91 Å². The highest BCUT2D eigenvalue weighted by Gasteiger charge is 2.43. The molecule has 1 amide bonds. The highest BCUT2D eigenvalue weighted by atomic mass is 16.5. The minimum atomic E-state index is -0.448. The Morgan fingerprint density at radius 1 is 1.00 bits per heavy atom. The molecule has 1 aliphatic heterocycles. The number of fused-ring (bicyclic) bond motifs is 1. The summed E-state index contributed by atoms with van der Waals surface area (Å²) >= 11 is 0. The first-order valence-corrected chi connectivity index (χ1v) is 13.2. The van der Waals surface area contributed by atoms with Crippen LogP contribution in [0.1, 0.15) is 63.8 Å². The van der Waals surface area contributed by atoms with Crippen molar-refractivity contribution in [2.45, 2.75) is 47.2 Å². The van der Waals surface area contributed by atoms with Gasteiger partial charge in [0.25, 0.3) is 5.91 Å². The van der Waals surface area contributed by atoms with Crippen molar-refractivity contribution < 1.29 is 19.4 Å². The van der Waals surface area contributed by atoms with Gasteiger partial charge in [-0.25, -0.2) is 0 Å². The molecule has 4 aromatic rings. The normalized spacial score (nSPS) is 14.7. The number of rotatable bonds is 8. The molecule has 2 heterocycles. The Labute approximate surface area is 229 Å². The summed E-state index contributed by atoms with van der Waals surface area (Å²) in [6.45, 7) is 11.1. The number of nitrogens with zero attached hydrogens (tertiary/aromatic N) is 2. The van der Waals surface area contributed by atoms with Gasteiger partial charge in [-0.2, -0.15) is 5.10 Å². The molecule has 0 aliphatic carbocycles. The van der Waals surface area contributed by atoms with E-state index in [9.17, 15) is 9.90 Å². The lowest BCUT2D eigenvalue weighted by Crippen LogP contribution is -2.29. The number of amides is 1. The number of benzene rings is 3. The first kappa shape index (κ1) is 26.4. The van der Waals surface area contributed by atoms with Crippen molar-refractivity contribution in [3.05, 3.63) is 93.7 Å². The Morgan fingerprint density at radius 2 is 1.74 bits per heavy atom. The number of carbonyl (C=O) groups is 1. The van der Waals surface area contributed by atoms with E-state index in [2.05, 4.69) is 36.2 Å². The smallest absolute Gasteiger partial charge is 0.273 e.